The Balaban J connectivity index is 2.26. The number of methoxy groups -OCH3 is 2. The normalized spacial score (nSPS) is 10.2. The molecule has 0 atom stereocenters. The predicted octanol–water partition coefficient (Wildman–Crippen LogP) is 2.27. The molecule has 0 aliphatic heterocycles. The van der Waals surface area contributed by atoms with Crippen molar-refractivity contribution in [3.8, 4) is 22.9 Å². The van der Waals surface area contributed by atoms with Crippen LogP contribution in [-0.4, -0.2) is 30.6 Å². The van der Waals surface area contributed by atoms with Crippen LogP contribution in [0, 0.1) is 11.3 Å². The fraction of sp³-hybridized carbons (Fsp3) is 0.333. The minimum absolute atomic E-state index is 0.328. The Morgan fingerprint density at radius 2 is 2.15 bits per heavy atom. The van der Waals surface area contributed by atoms with Gasteiger partial charge >= 0.3 is 0 Å². The quantitative estimate of drug-likeness (QED) is 0.808. The molecule has 0 saturated carbocycles. The molecule has 1 heterocycles. The van der Waals surface area contributed by atoms with Gasteiger partial charge in [-0.2, -0.15) is 10.4 Å². The van der Waals surface area contributed by atoms with E-state index in [2.05, 4.69) is 11.2 Å². The van der Waals surface area contributed by atoms with Gasteiger partial charge in [-0.15, -0.1) is 0 Å². The number of hydrogen-bond acceptors (Lipinski definition) is 4. The molecular weight excluding hydrogens is 254 g/mol. The topological polar surface area (TPSA) is 60.1 Å². The Bertz CT molecular complexity index is 614. The van der Waals surface area contributed by atoms with Gasteiger partial charge in [-0.25, -0.2) is 0 Å². The van der Waals surface area contributed by atoms with E-state index in [1.54, 1.807) is 14.2 Å². The minimum atomic E-state index is 0.328. The maximum absolute atomic E-state index is 8.87. The van der Waals surface area contributed by atoms with E-state index in [4.69, 9.17) is 14.7 Å². The van der Waals surface area contributed by atoms with Crippen molar-refractivity contribution in [2.75, 3.05) is 20.8 Å². The number of nitriles is 1. The van der Waals surface area contributed by atoms with E-state index in [0.29, 0.717) is 13.0 Å². The smallest absolute Gasteiger partial charge is 0.123 e. The van der Waals surface area contributed by atoms with Gasteiger partial charge in [0.15, 0.2) is 0 Å². The second-order valence-corrected chi connectivity index (χ2v) is 4.35. The molecule has 0 spiro atoms. The van der Waals surface area contributed by atoms with E-state index < -0.39 is 0 Å². The maximum atomic E-state index is 8.87. The van der Waals surface area contributed by atoms with Crippen LogP contribution in [0.4, 0.5) is 0 Å². The van der Waals surface area contributed by atoms with Crippen LogP contribution in [0.1, 0.15) is 5.56 Å². The zero-order valence-corrected chi connectivity index (χ0v) is 11.7. The Hall–Kier alpha value is -2.32. The van der Waals surface area contributed by atoms with E-state index in [0.717, 1.165) is 29.0 Å². The Kier molecular flexibility index (Phi) is 4.75. The van der Waals surface area contributed by atoms with Gasteiger partial charge in [0.05, 0.1) is 38.9 Å². The highest BCUT2D eigenvalue weighted by atomic mass is 16.5. The van der Waals surface area contributed by atoms with Crippen molar-refractivity contribution >= 4 is 0 Å². The summed E-state index contributed by atoms with van der Waals surface area (Å²) in [4.78, 5) is 0. The first-order valence-electron chi connectivity index (χ1n) is 6.34. The molecule has 2 rings (SSSR count). The largest absolute Gasteiger partial charge is 0.496 e. The third-order valence-corrected chi connectivity index (χ3v) is 3.04. The van der Waals surface area contributed by atoms with Crippen molar-refractivity contribution in [2.24, 2.45) is 0 Å². The number of hydrogen-bond donors (Lipinski definition) is 0. The highest BCUT2D eigenvalue weighted by molar-refractivity contribution is 5.64. The van der Waals surface area contributed by atoms with Gasteiger partial charge in [-0.3, -0.25) is 4.68 Å². The van der Waals surface area contributed by atoms with Crippen LogP contribution in [0.3, 0.4) is 0 Å². The maximum Gasteiger partial charge on any atom is 0.123 e. The summed E-state index contributed by atoms with van der Waals surface area (Å²) in [5, 5.41) is 13.2. The number of nitrogens with zero attached hydrogens (tertiary/aromatic N) is 3. The predicted molar refractivity (Wildman–Crippen MR) is 75.4 cm³/mol. The molecule has 1 aromatic heterocycles. The molecule has 0 bridgehead atoms. The van der Waals surface area contributed by atoms with Crippen molar-refractivity contribution in [1.82, 2.24) is 9.78 Å². The van der Waals surface area contributed by atoms with Crippen LogP contribution in [-0.2, 0) is 17.7 Å². The number of ether oxygens (including phenoxy) is 2. The van der Waals surface area contributed by atoms with Crippen LogP contribution in [0.25, 0.3) is 11.1 Å². The summed E-state index contributed by atoms with van der Waals surface area (Å²) in [6, 6.07) is 7.98. The lowest BCUT2D eigenvalue weighted by molar-refractivity contribution is 0.183. The molecular formula is C15H17N3O2. The van der Waals surface area contributed by atoms with Crippen molar-refractivity contribution in [2.45, 2.75) is 13.0 Å². The number of rotatable bonds is 6. The molecule has 104 valence electrons. The van der Waals surface area contributed by atoms with E-state index in [-0.39, 0.29) is 0 Å². The molecule has 0 aliphatic carbocycles. The molecule has 5 nitrogen and oxygen atoms in total. The van der Waals surface area contributed by atoms with E-state index in [9.17, 15) is 0 Å². The molecule has 0 saturated heterocycles. The van der Waals surface area contributed by atoms with Gasteiger partial charge in [0, 0.05) is 24.4 Å². The van der Waals surface area contributed by atoms with Crippen LogP contribution in [0.15, 0.2) is 30.6 Å². The van der Waals surface area contributed by atoms with Gasteiger partial charge < -0.3 is 9.47 Å². The Morgan fingerprint density at radius 3 is 2.85 bits per heavy atom. The molecule has 2 aromatic rings. The van der Waals surface area contributed by atoms with Crippen molar-refractivity contribution in [3.05, 3.63) is 36.2 Å². The summed E-state index contributed by atoms with van der Waals surface area (Å²) in [5.41, 5.74) is 2.93. The second-order valence-electron chi connectivity index (χ2n) is 4.35. The Morgan fingerprint density at radius 1 is 1.30 bits per heavy atom. The van der Waals surface area contributed by atoms with Gasteiger partial charge in [0.1, 0.15) is 5.75 Å². The molecule has 0 N–H and O–H groups in total. The average molecular weight is 271 g/mol. The first-order chi connectivity index (χ1) is 9.78. The first kappa shape index (κ1) is 14.1. The van der Waals surface area contributed by atoms with Crippen LogP contribution in [0.5, 0.6) is 5.75 Å². The fourth-order valence-electron chi connectivity index (χ4n) is 2.00. The summed E-state index contributed by atoms with van der Waals surface area (Å²) < 4.78 is 12.1. The summed E-state index contributed by atoms with van der Waals surface area (Å²) in [6.07, 6.45) is 4.11. The minimum Gasteiger partial charge on any atom is -0.496 e. The van der Waals surface area contributed by atoms with Gasteiger partial charge in [-0.05, 0) is 17.7 Å². The lowest BCUT2D eigenvalue weighted by atomic mass is 10.0. The molecule has 20 heavy (non-hydrogen) atoms. The monoisotopic (exact) mass is 271 g/mol. The van der Waals surface area contributed by atoms with Gasteiger partial charge in [0.2, 0.25) is 0 Å². The molecule has 0 unspecified atom stereocenters. The number of aromatic nitrogens is 2. The molecule has 0 amide bonds. The van der Waals surface area contributed by atoms with Crippen LogP contribution in [0.2, 0.25) is 0 Å². The summed E-state index contributed by atoms with van der Waals surface area (Å²) in [7, 11) is 3.28. The van der Waals surface area contributed by atoms with E-state index in [1.165, 1.54) is 0 Å². The van der Waals surface area contributed by atoms with Crippen molar-refractivity contribution < 1.29 is 9.47 Å². The first-order valence-corrected chi connectivity index (χ1v) is 6.34. The van der Waals surface area contributed by atoms with E-state index in [1.807, 2.05) is 35.3 Å². The lowest BCUT2D eigenvalue weighted by Crippen LogP contribution is -2.03. The number of benzene rings is 1. The van der Waals surface area contributed by atoms with E-state index >= 15 is 0 Å². The standard InChI is InChI=1S/C15H17N3O2/c1-19-8-7-18-11-14(10-17-18)12-3-4-15(20-2)13(9-12)5-6-16/h3-4,9-11H,5,7-8H2,1-2H3. The highest BCUT2D eigenvalue weighted by Gasteiger charge is 2.07. The van der Waals surface area contributed by atoms with Gasteiger partial charge in [-0.1, -0.05) is 6.07 Å². The molecule has 0 fully saturated rings. The highest BCUT2D eigenvalue weighted by Crippen LogP contribution is 2.26. The second kappa shape index (κ2) is 6.73. The zero-order valence-electron chi connectivity index (χ0n) is 11.7. The van der Waals surface area contributed by atoms with Crippen molar-refractivity contribution in [1.29, 1.82) is 5.26 Å². The van der Waals surface area contributed by atoms with Crippen LogP contribution < -0.4 is 4.74 Å². The molecule has 0 aliphatic rings. The third kappa shape index (κ3) is 3.16. The third-order valence-electron chi connectivity index (χ3n) is 3.04. The SMILES string of the molecule is COCCn1cc(-c2ccc(OC)c(CC#N)c2)cn1. The average Bonchev–Trinajstić information content (AvgIpc) is 2.94. The zero-order chi connectivity index (χ0) is 14.4. The van der Waals surface area contributed by atoms with Crippen molar-refractivity contribution in [3.63, 3.8) is 0 Å². The molecule has 0 radical (unpaired) electrons. The lowest BCUT2D eigenvalue weighted by Gasteiger charge is -2.07. The Labute approximate surface area is 118 Å². The fourth-order valence-corrected chi connectivity index (χ4v) is 2.00. The van der Waals surface area contributed by atoms with Gasteiger partial charge in [0.25, 0.3) is 0 Å². The summed E-state index contributed by atoms with van der Waals surface area (Å²) >= 11 is 0. The van der Waals surface area contributed by atoms with Crippen LogP contribution >= 0.6 is 0 Å². The summed E-state index contributed by atoms with van der Waals surface area (Å²) in [6.45, 7) is 1.35. The molecule has 5 heteroatoms. The molecule has 1 aromatic carbocycles. The summed E-state index contributed by atoms with van der Waals surface area (Å²) in [5.74, 6) is 0.738.